The van der Waals surface area contributed by atoms with Crippen LogP contribution < -0.4 is 10.6 Å². The summed E-state index contributed by atoms with van der Waals surface area (Å²) in [6.45, 7) is 2.70. The van der Waals surface area contributed by atoms with Crippen molar-refractivity contribution in [1.82, 2.24) is 15.5 Å². The molecule has 2 heterocycles. The molecule has 0 radical (unpaired) electrons. The fourth-order valence-electron chi connectivity index (χ4n) is 2.40. The van der Waals surface area contributed by atoms with Crippen molar-refractivity contribution in [2.75, 3.05) is 13.1 Å². The highest BCUT2D eigenvalue weighted by molar-refractivity contribution is 6.01. The summed E-state index contributed by atoms with van der Waals surface area (Å²) >= 11 is 0. The van der Waals surface area contributed by atoms with Gasteiger partial charge in [0.1, 0.15) is 0 Å². The largest absolute Gasteiger partial charge is 0.481 e. The van der Waals surface area contributed by atoms with E-state index in [0.717, 1.165) is 0 Å². The number of carbonyl (C=O) groups is 3. The molecule has 0 fully saturated rings. The van der Waals surface area contributed by atoms with Gasteiger partial charge in [0.15, 0.2) is 0 Å². The first-order valence-electron chi connectivity index (χ1n) is 6.30. The third-order valence-corrected chi connectivity index (χ3v) is 3.31. The van der Waals surface area contributed by atoms with Crippen LogP contribution in [0.1, 0.15) is 26.2 Å². The fourth-order valence-corrected chi connectivity index (χ4v) is 2.40. The molecule has 19 heavy (non-hydrogen) atoms. The van der Waals surface area contributed by atoms with E-state index in [1.165, 1.54) is 0 Å². The van der Waals surface area contributed by atoms with E-state index in [9.17, 15) is 14.4 Å². The van der Waals surface area contributed by atoms with E-state index in [1.807, 2.05) is 0 Å². The van der Waals surface area contributed by atoms with Gasteiger partial charge in [-0.1, -0.05) is 0 Å². The summed E-state index contributed by atoms with van der Waals surface area (Å²) in [4.78, 5) is 35.5. The molecule has 0 aromatic carbocycles. The topological polar surface area (TPSA) is 98.7 Å². The highest BCUT2D eigenvalue weighted by Crippen LogP contribution is 2.23. The van der Waals surface area contributed by atoms with Crippen LogP contribution in [0.15, 0.2) is 11.3 Å². The number of carboxylic acid groups (broad SMARTS) is 1. The van der Waals surface area contributed by atoms with Gasteiger partial charge in [-0.15, -0.1) is 0 Å². The van der Waals surface area contributed by atoms with Gasteiger partial charge in [-0.3, -0.25) is 9.59 Å². The van der Waals surface area contributed by atoms with Crippen LogP contribution in [0.2, 0.25) is 0 Å². The number of hydrogen-bond acceptors (Lipinski definition) is 3. The average molecular weight is 267 g/mol. The van der Waals surface area contributed by atoms with Crippen LogP contribution in [-0.4, -0.2) is 47.0 Å². The van der Waals surface area contributed by atoms with E-state index in [-0.39, 0.29) is 24.4 Å². The molecular weight excluding hydrogens is 250 g/mol. The lowest BCUT2D eigenvalue weighted by atomic mass is 10.1. The van der Waals surface area contributed by atoms with Crippen LogP contribution >= 0.6 is 0 Å². The van der Waals surface area contributed by atoms with Crippen LogP contribution in [0.4, 0.5) is 4.79 Å². The number of carboxylic acids is 1. The van der Waals surface area contributed by atoms with Gasteiger partial charge in [-0.2, -0.15) is 0 Å². The molecule has 0 aromatic heterocycles. The summed E-state index contributed by atoms with van der Waals surface area (Å²) in [5.41, 5.74) is 1.28. The van der Waals surface area contributed by atoms with Crippen molar-refractivity contribution in [3.05, 3.63) is 11.3 Å². The second kappa shape index (κ2) is 5.29. The molecule has 7 nitrogen and oxygen atoms in total. The third kappa shape index (κ3) is 2.86. The Morgan fingerprint density at radius 2 is 2.16 bits per heavy atom. The highest BCUT2D eigenvalue weighted by Gasteiger charge is 2.37. The summed E-state index contributed by atoms with van der Waals surface area (Å²) in [5.74, 6) is -0.902. The van der Waals surface area contributed by atoms with Crippen LogP contribution in [0, 0.1) is 0 Å². The SMILES string of the molecule is C[C@@H]1NC(=O)NC2=C1C(=O)N(CCCCC(=O)O)C2. The first-order chi connectivity index (χ1) is 8.99. The molecule has 0 saturated heterocycles. The second-order valence-electron chi connectivity index (χ2n) is 4.79. The fraction of sp³-hybridized carbons (Fsp3) is 0.583. The van der Waals surface area contributed by atoms with Crippen molar-refractivity contribution < 1.29 is 19.5 Å². The molecule has 2 aliphatic heterocycles. The minimum Gasteiger partial charge on any atom is -0.481 e. The highest BCUT2D eigenvalue weighted by atomic mass is 16.4. The molecule has 0 aromatic rings. The number of amides is 3. The predicted octanol–water partition coefficient (Wildman–Crippen LogP) is 0.0389. The van der Waals surface area contributed by atoms with Crippen molar-refractivity contribution in [2.45, 2.75) is 32.2 Å². The number of unbranched alkanes of at least 4 members (excludes halogenated alkanes) is 1. The third-order valence-electron chi connectivity index (χ3n) is 3.31. The number of nitrogens with zero attached hydrogens (tertiary/aromatic N) is 1. The maximum absolute atomic E-state index is 12.1. The lowest BCUT2D eigenvalue weighted by Crippen LogP contribution is -2.47. The average Bonchev–Trinajstić information content (AvgIpc) is 2.61. The Bertz CT molecular complexity index is 458. The molecule has 0 unspecified atom stereocenters. The zero-order valence-corrected chi connectivity index (χ0v) is 10.7. The number of urea groups is 1. The summed E-state index contributed by atoms with van der Waals surface area (Å²) < 4.78 is 0. The second-order valence-corrected chi connectivity index (χ2v) is 4.79. The van der Waals surface area contributed by atoms with E-state index >= 15 is 0 Å². The summed E-state index contributed by atoms with van der Waals surface area (Å²) in [5, 5.41) is 13.8. The van der Waals surface area contributed by atoms with E-state index in [0.29, 0.717) is 37.2 Å². The molecule has 0 bridgehead atoms. The number of hydrogen-bond donors (Lipinski definition) is 3. The van der Waals surface area contributed by atoms with Gasteiger partial charge in [0.25, 0.3) is 5.91 Å². The van der Waals surface area contributed by atoms with Crippen molar-refractivity contribution in [3.8, 4) is 0 Å². The molecule has 3 amide bonds. The lowest BCUT2D eigenvalue weighted by Gasteiger charge is -2.21. The van der Waals surface area contributed by atoms with Gasteiger partial charge < -0.3 is 20.6 Å². The summed E-state index contributed by atoms with van der Waals surface area (Å²) in [6, 6.07) is -0.563. The monoisotopic (exact) mass is 267 g/mol. The van der Waals surface area contributed by atoms with Crippen molar-refractivity contribution in [3.63, 3.8) is 0 Å². The minimum absolute atomic E-state index is 0.0784. The molecule has 1 atom stereocenters. The minimum atomic E-state index is -0.824. The Balaban J connectivity index is 1.89. The van der Waals surface area contributed by atoms with Gasteiger partial charge in [0.05, 0.1) is 18.2 Å². The van der Waals surface area contributed by atoms with E-state index in [4.69, 9.17) is 5.11 Å². The first-order valence-corrected chi connectivity index (χ1v) is 6.30. The van der Waals surface area contributed by atoms with E-state index in [1.54, 1.807) is 11.8 Å². The van der Waals surface area contributed by atoms with Crippen LogP contribution in [-0.2, 0) is 9.59 Å². The van der Waals surface area contributed by atoms with Gasteiger partial charge in [-0.25, -0.2) is 4.79 Å². The molecule has 104 valence electrons. The summed E-state index contributed by atoms with van der Waals surface area (Å²) in [6.07, 6.45) is 1.31. The molecule has 2 aliphatic rings. The van der Waals surface area contributed by atoms with E-state index < -0.39 is 5.97 Å². The quantitative estimate of drug-likeness (QED) is 0.612. The molecule has 3 N–H and O–H groups in total. The zero-order chi connectivity index (χ0) is 14.0. The lowest BCUT2D eigenvalue weighted by molar-refractivity contribution is -0.137. The Kier molecular flexibility index (Phi) is 3.73. The van der Waals surface area contributed by atoms with E-state index in [2.05, 4.69) is 10.6 Å². The molecule has 0 saturated carbocycles. The molecular formula is C12H17N3O4. The van der Waals surface area contributed by atoms with Crippen molar-refractivity contribution in [2.24, 2.45) is 0 Å². The van der Waals surface area contributed by atoms with Crippen molar-refractivity contribution >= 4 is 17.9 Å². The Hall–Kier alpha value is -2.05. The summed E-state index contributed by atoms with van der Waals surface area (Å²) in [7, 11) is 0. The normalized spacial score (nSPS) is 22.2. The van der Waals surface area contributed by atoms with Gasteiger partial charge in [0.2, 0.25) is 0 Å². The van der Waals surface area contributed by atoms with Crippen LogP contribution in [0.3, 0.4) is 0 Å². The van der Waals surface area contributed by atoms with Gasteiger partial charge in [0, 0.05) is 18.7 Å². The predicted molar refractivity (Wildman–Crippen MR) is 66.2 cm³/mol. The maximum Gasteiger partial charge on any atom is 0.319 e. The standard InChI is InChI=1S/C12H17N3O4/c1-7-10-8(14-12(19)13-7)6-15(11(10)18)5-3-2-4-9(16)17/h7H,2-6H2,1H3,(H,16,17)(H2,13,14,19)/t7-/m0/s1. The number of rotatable bonds is 5. The maximum atomic E-state index is 12.1. The molecule has 0 spiro atoms. The van der Waals surface area contributed by atoms with Crippen molar-refractivity contribution in [1.29, 1.82) is 0 Å². The van der Waals surface area contributed by atoms with Crippen LogP contribution in [0.5, 0.6) is 0 Å². The molecule has 2 rings (SSSR count). The first kappa shape index (κ1) is 13.4. The van der Waals surface area contributed by atoms with Gasteiger partial charge in [-0.05, 0) is 19.8 Å². The number of nitrogens with one attached hydrogen (secondary N) is 2. The van der Waals surface area contributed by atoms with Crippen LogP contribution in [0.25, 0.3) is 0 Å². The smallest absolute Gasteiger partial charge is 0.319 e. The zero-order valence-electron chi connectivity index (χ0n) is 10.7. The Labute approximate surface area is 110 Å². The molecule has 7 heteroatoms. The molecule has 0 aliphatic carbocycles. The Morgan fingerprint density at radius 3 is 2.84 bits per heavy atom. The number of carbonyl (C=O) groups excluding carboxylic acids is 2. The van der Waals surface area contributed by atoms with Gasteiger partial charge >= 0.3 is 12.0 Å². The number of aliphatic carboxylic acids is 1. The Morgan fingerprint density at radius 1 is 1.42 bits per heavy atom.